The number of hydrogen-bond acceptors (Lipinski definition) is 3. The molecule has 4 heteroatoms. The lowest BCUT2D eigenvalue weighted by molar-refractivity contribution is -0.115. The fourth-order valence-electron chi connectivity index (χ4n) is 2.50. The van der Waals surface area contributed by atoms with Crippen molar-refractivity contribution in [3.63, 3.8) is 0 Å². The molecule has 2 aromatic rings. The number of para-hydroxylation sites is 1. The number of carbonyl (C=O) groups is 1. The smallest absolute Gasteiger partial charge is 0.243 e. The standard InChI is InChI=1S/C16H17N3O/c1-12-5-2-3-7-14(12)18-15(20)11-19-10-8-13-6-4-9-17-16(13)19/h2-7,9H,8,10-11H2,1H3,(H,18,20). The van der Waals surface area contributed by atoms with Crippen molar-refractivity contribution in [1.82, 2.24) is 4.98 Å². The largest absolute Gasteiger partial charge is 0.347 e. The summed E-state index contributed by atoms with van der Waals surface area (Å²) in [5.74, 6) is 0.935. The zero-order valence-corrected chi connectivity index (χ0v) is 11.5. The first-order valence-electron chi connectivity index (χ1n) is 6.78. The van der Waals surface area contributed by atoms with E-state index in [-0.39, 0.29) is 5.91 Å². The first kappa shape index (κ1) is 12.7. The lowest BCUT2D eigenvalue weighted by Gasteiger charge is -2.18. The molecular formula is C16H17N3O. The fraction of sp³-hybridized carbons (Fsp3) is 0.250. The molecule has 1 N–H and O–H groups in total. The molecule has 0 saturated carbocycles. The predicted molar refractivity (Wildman–Crippen MR) is 80.0 cm³/mol. The summed E-state index contributed by atoms with van der Waals surface area (Å²) in [5.41, 5.74) is 3.16. The molecule has 0 radical (unpaired) electrons. The molecule has 102 valence electrons. The number of pyridine rings is 1. The van der Waals surface area contributed by atoms with E-state index < -0.39 is 0 Å². The van der Waals surface area contributed by atoms with Gasteiger partial charge in [-0.25, -0.2) is 4.98 Å². The van der Waals surface area contributed by atoms with E-state index in [1.54, 1.807) is 6.20 Å². The predicted octanol–water partition coefficient (Wildman–Crippen LogP) is 2.39. The van der Waals surface area contributed by atoms with Crippen molar-refractivity contribution in [2.24, 2.45) is 0 Å². The highest BCUT2D eigenvalue weighted by Crippen LogP contribution is 2.24. The minimum atomic E-state index is -0.00203. The van der Waals surface area contributed by atoms with Gasteiger partial charge >= 0.3 is 0 Å². The maximum absolute atomic E-state index is 12.1. The highest BCUT2D eigenvalue weighted by atomic mass is 16.2. The number of carbonyl (C=O) groups excluding carboxylic acids is 1. The van der Waals surface area contributed by atoms with Crippen LogP contribution in [-0.2, 0) is 11.2 Å². The number of benzene rings is 1. The lowest BCUT2D eigenvalue weighted by Crippen LogP contribution is -2.32. The van der Waals surface area contributed by atoms with Gasteiger partial charge in [-0.3, -0.25) is 4.79 Å². The summed E-state index contributed by atoms with van der Waals surface area (Å²) >= 11 is 0. The fourth-order valence-corrected chi connectivity index (χ4v) is 2.50. The molecule has 0 bridgehead atoms. The molecule has 0 spiro atoms. The Bertz CT molecular complexity index is 639. The normalized spacial score (nSPS) is 13.2. The first-order chi connectivity index (χ1) is 9.74. The van der Waals surface area contributed by atoms with Gasteiger partial charge in [-0.1, -0.05) is 24.3 Å². The summed E-state index contributed by atoms with van der Waals surface area (Å²) in [5, 5.41) is 2.96. The number of hydrogen-bond donors (Lipinski definition) is 1. The summed E-state index contributed by atoms with van der Waals surface area (Å²) in [6.07, 6.45) is 2.73. The molecule has 3 rings (SSSR count). The van der Waals surface area contributed by atoms with Gasteiger partial charge in [-0.05, 0) is 36.6 Å². The van der Waals surface area contributed by atoms with Crippen molar-refractivity contribution in [3.8, 4) is 0 Å². The molecule has 2 heterocycles. The minimum absolute atomic E-state index is 0.00203. The monoisotopic (exact) mass is 267 g/mol. The second-order valence-electron chi connectivity index (χ2n) is 5.02. The van der Waals surface area contributed by atoms with Gasteiger partial charge in [0.2, 0.25) is 5.91 Å². The molecule has 1 aromatic carbocycles. The van der Waals surface area contributed by atoms with Crippen LogP contribution in [-0.4, -0.2) is 24.0 Å². The van der Waals surface area contributed by atoms with Crippen LogP contribution in [0.4, 0.5) is 11.5 Å². The molecule has 4 nitrogen and oxygen atoms in total. The summed E-state index contributed by atoms with van der Waals surface area (Å²) < 4.78 is 0. The van der Waals surface area contributed by atoms with Crippen LogP contribution in [0.5, 0.6) is 0 Å². The number of anilines is 2. The van der Waals surface area contributed by atoms with Crippen molar-refractivity contribution in [2.45, 2.75) is 13.3 Å². The van der Waals surface area contributed by atoms with Gasteiger partial charge in [-0.2, -0.15) is 0 Å². The van der Waals surface area contributed by atoms with Crippen molar-refractivity contribution in [3.05, 3.63) is 53.7 Å². The Hall–Kier alpha value is -2.36. The van der Waals surface area contributed by atoms with Gasteiger partial charge in [-0.15, -0.1) is 0 Å². The van der Waals surface area contributed by atoms with Crippen LogP contribution in [0.2, 0.25) is 0 Å². The molecule has 0 fully saturated rings. The van der Waals surface area contributed by atoms with Crippen LogP contribution in [0, 0.1) is 6.92 Å². The van der Waals surface area contributed by atoms with E-state index in [2.05, 4.69) is 16.4 Å². The number of rotatable bonds is 3. The van der Waals surface area contributed by atoms with Crippen LogP contribution in [0.25, 0.3) is 0 Å². The van der Waals surface area contributed by atoms with E-state index in [0.717, 1.165) is 30.0 Å². The third kappa shape index (κ3) is 2.50. The number of fused-ring (bicyclic) bond motifs is 1. The zero-order chi connectivity index (χ0) is 13.9. The minimum Gasteiger partial charge on any atom is -0.347 e. The molecule has 0 aliphatic carbocycles. The summed E-state index contributed by atoms with van der Waals surface area (Å²) in [7, 11) is 0. The van der Waals surface area contributed by atoms with Crippen LogP contribution in [0.3, 0.4) is 0 Å². The Morgan fingerprint density at radius 2 is 2.15 bits per heavy atom. The van der Waals surface area contributed by atoms with E-state index in [0.29, 0.717) is 6.54 Å². The molecule has 0 atom stereocenters. The maximum atomic E-state index is 12.1. The highest BCUT2D eigenvalue weighted by Gasteiger charge is 2.21. The highest BCUT2D eigenvalue weighted by molar-refractivity contribution is 5.94. The molecular weight excluding hydrogens is 250 g/mol. The van der Waals surface area contributed by atoms with Gasteiger partial charge in [0.25, 0.3) is 0 Å². The molecule has 0 unspecified atom stereocenters. The van der Waals surface area contributed by atoms with E-state index in [9.17, 15) is 4.79 Å². The Morgan fingerprint density at radius 3 is 3.00 bits per heavy atom. The average molecular weight is 267 g/mol. The molecule has 1 aliphatic rings. The molecule has 1 amide bonds. The third-order valence-electron chi connectivity index (χ3n) is 3.57. The third-order valence-corrected chi connectivity index (χ3v) is 3.57. The van der Waals surface area contributed by atoms with E-state index in [4.69, 9.17) is 0 Å². The molecule has 1 aromatic heterocycles. The number of nitrogens with zero attached hydrogens (tertiary/aromatic N) is 2. The van der Waals surface area contributed by atoms with Gasteiger partial charge in [0.1, 0.15) is 5.82 Å². The summed E-state index contributed by atoms with van der Waals surface area (Å²) in [6, 6.07) is 11.8. The van der Waals surface area contributed by atoms with Crippen LogP contribution in [0.15, 0.2) is 42.6 Å². The zero-order valence-electron chi connectivity index (χ0n) is 11.5. The lowest BCUT2D eigenvalue weighted by atomic mass is 10.2. The van der Waals surface area contributed by atoms with Gasteiger partial charge in [0.15, 0.2) is 0 Å². The number of amides is 1. The van der Waals surface area contributed by atoms with Crippen molar-refractivity contribution >= 4 is 17.4 Å². The van der Waals surface area contributed by atoms with Crippen LogP contribution in [0.1, 0.15) is 11.1 Å². The average Bonchev–Trinajstić information content (AvgIpc) is 2.85. The second kappa shape index (κ2) is 5.33. The number of nitrogens with one attached hydrogen (secondary N) is 1. The second-order valence-corrected chi connectivity index (χ2v) is 5.02. The Balaban J connectivity index is 1.68. The van der Waals surface area contributed by atoms with Crippen LogP contribution >= 0.6 is 0 Å². The van der Waals surface area contributed by atoms with Gasteiger partial charge in [0, 0.05) is 18.4 Å². The summed E-state index contributed by atoms with van der Waals surface area (Å²) in [6.45, 7) is 3.19. The van der Waals surface area contributed by atoms with E-state index >= 15 is 0 Å². The molecule has 1 aliphatic heterocycles. The maximum Gasteiger partial charge on any atom is 0.243 e. The number of aryl methyl sites for hydroxylation is 1. The Labute approximate surface area is 118 Å². The summed E-state index contributed by atoms with van der Waals surface area (Å²) in [4.78, 5) is 18.5. The van der Waals surface area contributed by atoms with E-state index in [1.165, 1.54) is 5.56 Å². The SMILES string of the molecule is Cc1ccccc1NC(=O)CN1CCc2cccnc21. The van der Waals surface area contributed by atoms with Gasteiger partial charge < -0.3 is 10.2 Å². The number of aromatic nitrogens is 1. The quantitative estimate of drug-likeness (QED) is 0.928. The van der Waals surface area contributed by atoms with Gasteiger partial charge in [0.05, 0.1) is 6.54 Å². The van der Waals surface area contributed by atoms with Crippen molar-refractivity contribution in [1.29, 1.82) is 0 Å². The topological polar surface area (TPSA) is 45.2 Å². The van der Waals surface area contributed by atoms with Crippen molar-refractivity contribution < 1.29 is 4.79 Å². The van der Waals surface area contributed by atoms with E-state index in [1.807, 2.05) is 42.2 Å². The Morgan fingerprint density at radius 1 is 1.30 bits per heavy atom. The van der Waals surface area contributed by atoms with Crippen molar-refractivity contribution in [2.75, 3.05) is 23.3 Å². The van der Waals surface area contributed by atoms with Crippen LogP contribution < -0.4 is 10.2 Å². The Kier molecular flexibility index (Phi) is 3.37. The molecule has 0 saturated heterocycles. The molecule has 20 heavy (non-hydrogen) atoms. The first-order valence-corrected chi connectivity index (χ1v) is 6.78.